The second-order valence-electron chi connectivity index (χ2n) is 4.91. The summed E-state index contributed by atoms with van der Waals surface area (Å²) < 4.78 is 13.7. The van der Waals surface area contributed by atoms with E-state index < -0.39 is 5.82 Å². The molecule has 1 heterocycles. The van der Waals surface area contributed by atoms with Crippen molar-refractivity contribution in [3.8, 4) is 0 Å². The molecule has 0 atom stereocenters. The van der Waals surface area contributed by atoms with Crippen LogP contribution in [0.2, 0.25) is 0 Å². The maximum atomic E-state index is 13.7. The second-order valence-corrected chi connectivity index (χ2v) is 4.91. The van der Waals surface area contributed by atoms with E-state index in [0.29, 0.717) is 6.54 Å². The Balaban J connectivity index is 2.18. The summed E-state index contributed by atoms with van der Waals surface area (Å²) in [5.41, 5.74) is 2.64. The number of hydrogen-bond acceptors (Lipinski definition) is 2. The van der Waals surface area contributed by atoms with Gasteiger partial charge in [0, 0.05) is 12.7 Å². The molecule has 0 N–H and O–H groups in total. The smallest absolute Gasteiger partial charge is 0.256 e. The zero-order chi connectivity index (χ0) is 14.7. The number of carbonyl (C=O) groups is 1. The van der Waals surface area contributed by atoms with Gasteiger partial charge in [-0.1, -0.05) is 17.7 Å². The highest BCUT2D eigenvalue weighted by atomic mass is 19.1. The van der Waals surface area contributed by atoms with E-state index in [4.69, 9.17) is 0 Å². The van der Waals surface area contributed by atoms with Gasteiger partial charge in [0.05, 0.1) is 17.8 Å². The van der Waals surface area contributed by atoms with E-state index >= 15 is 0 Å². The van der Waals surface area contributed by atoms with Crippen LogP contribution in [0, 0.1) is 19.7 Å². The number of benzene rings is 1. The third kappa shape index (κ3) is 3.20. The minimum Gasteiger partial charge on any atom is -0.336 e. The van der Waals surface area contributed by atoms with Gasteiger partial charge < -0.3 is 4.90 Å². The lowest BCUT2D eigenvalue weighted by molar-refractivity contribution is 0.0778. The first kappa shape index (κ1) is 14.2. The summed E-state index contributed by atoms with van der Waals surface area (Å²) in [5.74, 6) is -0.834. The van der Waals surface area contributed by atoms with Crippen molar-refractivity contribution >= 4 is 5.91 Å². The number of nitrogens with zero attached hydrogens (tertiary/aromatic N) is 2. The van der Waals surface area contributed by atoms with Crippen molar-refractivity contribution in [1.82, 2.24) is 9.88 Å². The summed E-state index contributed by atoms with van der Waals surface area (Å²) in [4.78, 5) is 18.1. The Kier molecular flexibility index (Phi) is 4.13. The average Bonchev–Trinajstić information content (AvgIpc) is 2.40. The predicted molar refractivity (Wildman–Crippen MR) is 75.9 cm³/mol. The van der Waals surface area contributed by atoms with Gasteiger partial charge in [-0.05, 0) is 38.1 Å². The first-order valence-electron chi connectivity index (χ1n) is 6.41. The van der Waals surface area contributed by atoms with E-state index in [0.717, 1.165) is 17.0 Å². The highest BCUT2D eigenvalue weighted by molar-refractivity contribution is 5.94. The maximum absolute atomic E-state index is 13.7. The van der Waals surface area contributed by atoms with Crippen molar-refractivity contribution in [2.75, 3.05) is 7.05 Å². The van der Waals surface area contributed by atoms with E-state index in [2.05, 4.69) is 4.98 Å². The minimum atomic E-state index is -0.496. The molecule has 1 aromatic heterocycles. The summed E-state index contributed by atoms with van der Waals surface area (Å²) >= 11 is 0. The van der Waals surface area contributed by atoms with Crippen LogP contribution >= 0.6 is 0 Å². The van der Waals surface area contributed by atoms with Gasteiger partial charge in [-0.2, -0.15) is 0 Å². The molecule has 1 amide bonds. The van der Waals surface area contributed by atoms with E-state index in [9.17, 15) is 9.18 Å². The van der Waals surface area contributed by atoms with Gasteiger partial charge >= 0.3 is 0 Å². The van der Waals surface area contributed by atoms with Crippen molar-refractivity contribution in [1.29, 1.82) is 0 Å². The fourth-order valence-electron chi connectivity index (χ4n) is 2.01. The van der Waals surface area contributed by atoms with Crippen LogP contribution in [0.1, 0.15) is 27.3 Å². The first-order chi connectivity index (χ1) is 9.47. The van der Waals surface area contributed by atoms with Gasteiger partial charge in [0.2, 0.25) is 0 Å². The molecule has 0 saturated carbocycles. The molecule has 0 unspecified atom stereocenters. The van der Waals surface area contributed by atoms with E-state index in [1.54, 1.807) is 19.2 Å². The van der Waals surface area contributed by atoms with Crippen LogP contribution in [0.5, 0.6) is 0 Å². The Bertz CT molecular complexity index is 640. The monoisotopic (exact) mass is 272 g/mol. The molecule has 0 spiro atoms. The maximum Gasteiger partial charge on any atom is 0.256 e. The SMILES string of the molecule is Cc1ccc(F)c(C(=O)N(C)Cc2cccc(C)n2)c1. The van der Waals surface area contributed by atoms with Gasteiger partial charge in [-0.3, -0.25) is 9.78 Å². The third-order valence-corrected chi connectivity index (χ3v) is 3.04. The minimum absolute atomic E-state index is 0.0974. The molecule has 3 nitrogen and oxygen atoms in total. The van der Waals surface area contributed by atoms with Gasteiger partial charge in [0.1, 0.15) is 5.82 Å². The fourth-order valence-corrected chi connectivity index (χ4v) is 2.01. The molecular formula is C16H17FN2O. The number of aromatic nitrogens is 1. The quantitative estimate of drug-likeness (QED) is 0.860. The topological polar surface area (TPSA) is 33.2 Å². The van der Waals surface area contributed by atoms with Gasteiger partial charge in [0.15, 0.2) is 0 Å². The molecule has 2 rings (SSSR count). The Morgan fingerprint density at radius 2 is 2.00 bits per heavy atom. The molecule has 20 heavy (non-hydrogen) atoms. The largest absolute Gasteiger partial charge is 0.336 e. The highest BCUT2D eigenvalue weighted by Crippen LogP contribution is 2.13. The zero-order valence-electron chi connectivity index (χ0n) is 11.9. The van der Waals surface area contributed by atoms with Crippen LogP contribution in [0.25, 0.3) is 0 Å². The van der Waals surface area contributed by atoms with Crippen LogP contribution in [0.15, 0.2) is 36.4 Å². The lowest BCUT2D eigenvalue weighted by Crippen LogP contribution is -2.27. The van der Waals surface area contributed by atoms with Crippen LogP contribution < -0.4 is 0 Å². The molecule has 0 bridgehead atoms. The summed E-state index contributed by atoms with van der Waals surface area (Å²) in [6, 6.07) is 10.2. The number of pyridine rings is 1. The molecular weight excluding hydrogens is 255 g/mol. The van der Waals surface area contributed by atoms with Crippen molar-refractivity contribution in [2.24, 2.45) is 0 Å². The van der Waals surface area contributed by atoms with Gasteiger partial charge in [-0.25, -0.2) is 4.39 Å². The number of aryl methyl sites for hydroxylation is 2. The number of hydrogen-bond donors (Lipinski definition) is 0. The zero-order valence-corrected chi connectivity index (χ0v) is 11.9. The number of amides is 1. The molecule has 0 aliphatic rings. The molecule has 4 heteroatoms. The molecule has 2 aromatic rings. The molecule has 0 saturated heterocycles. The summed E-state index contributed by atoms with van der Waals surface area (Å²) in [6.07, 6.45) is 0. The summed E-state index contributed by atoms with van der Waals surface area (Å²) in [7, 11) is 1.65. The van der Waals surface area contributed by atoms with Crippen molar-refractivity contribution < 1.29 is 9.18 Å². The van der Waals surface area contributed by atoms with Gasteiger partial charge in [0.25, 0.3) is 5.91 Å². The number of rotatable bonds is 3. The van der Waals surface area contributed by atoms with Crippen molar-refractivity contribution in [3.05, 3.63) is 64.7 Å². The van der Waals surface area contributed by atoms with E-state index in [1.165, 1.54) is 11.0 Å². The summed E-state index contributed by atoms with van der Waals surface area (Å²) in [5, 5.41) is 0. The Morgan fingerprint density at radius 3 is 2.70 bits per heavy atom. The van der Waals surface area contributed by atoms with Crippen LogP contribution in [-0.4, -0.2) is 22.8 Å². The van der Waals surface area contributed by atoms with Crippen molar-refractivity contribution in [2.45, 2.75) is 20.4 Å². The molecule has 0 fully saturated rings. The normalized spacial score (nSPS) is 10.4. The molecule has 0 aliphatic heterocycles. The third-order valence-electron chi connectivity index (χ3n) is 3.04. The van der Waals surface area contributed by atoms with Crippen LogP contribution in [0.3, 0.4) is 0 Å². The molecule has 104 valence electrons. The Morgan fingerprint density at radius 1 is 1.25 bits per heavy atom. The predicted octanol–water partition coefficient (Wildman–Crippen LogP) is 3.11. The first-order valence-corrected chi connectivity index (χ1v) is 6.41. The van der Waals surface area contributed by atoms with E-state index in [-0.39, 0.29) is 11.5 Å². The fraction of sp³-hybridized carbons (Fsp3) is 0.250. The number of halogens is 1. The van der Waals surface area contributed by atoms with E-state index in [1.807, 2.05) is 32.0 Å². The lowest BCUT2D eigenvalue weighted by Gasteiger charge is -2.17. The standard InChI is InChI=1S/C16H17FN2O/c1-11-7-8-15(17)14(9-11)16(20)19(3)10-13-6-4-5-12(2)18-13/h4-9H,10H2,1-3H3. The average molecular weight is 272 g/mol. The lowest BCUT2D eigenvalue weighted by atomic mass is 10.1. The van der Waals surface area contributed by atoms with Crippen molar-refractivity contribution in [3.63, 3.8) is 0 Å². The Labute approximate surface area is 118 Å². The summed E-state index contributed by atoms with van der Waals surface area (Å²) in [6.45, 7) is 4.08. The molecule has 0 aliphatic carbocycles. The highest BCUT2D eigenvalue weighted by Gasteiger charge is 2.16. The second kappa shape index (κ2) is 5.82. The molecule has 1 aromatic carbocycles. The van der Waals surface area contributed by atoms with Crippen LogP contribution in [0.4, 0.5) is 4.39 Å². The van der Waals surface area contributed by atoms with Gasteiger partial charge in [-0.15, -0.1) is 0 Å². The Hall–Kier alpha value is -2.23. The van der Waals surface area contributed by atoms with Crippen LogP contribution in [-0.2, 0) is 6.54 Å². The number of carbonyl (C=O) groups excluding carboxylic acids is 1. The molecule has 0 radical (unpaired) electrons.